The molecule has 0 atom stereocenters. The number of carbonyl (C=O) groups is 2. The van der Waals surface area contributed by atoms with Crippen molar-refractivity contribution in [3.8, 4) is 23.0 Å². The first kappa shape index (κ1) is 26.7. The number of hydrogen-bond acceptors (Lipinski definition) is 7. The quantitative estimate of drug-likeness (QED) is 0.212. The molecule has 1 fully saturated rings. The van der Waals surface area contributed by atoms with E-state index in [1.807, 2.05) is 62.4 Å². The summed E-state index contributed by atoms with van der Waals surface area (Å²) in [5.41, 5.74) is 2.51. The Labute approximate surface area is 226 Å². The Bertz CT molecular complexity index is 1330. The lowest BCUT2D eigenvalue weighted by Gasteiger charge is -2.17. The molecule has 38 heavy (non-hydrogen) atoms. The molecule has 1 heterocycles. The number of rotatable bonds is 11. The van der Waals surface area contributed by atoms with Crippen molar-refractivity contribution in [2.24, 2.45) is 0 Å². The molecule has 2 N–H and O–H groups in total. The fourth-order valence-electron chi connectivity index (χ4n) is 3.70. The van der Waals surface area contributed by atoms with E-state index < -0.39 is 11.8 Å². The molecule has 4 rings (SSSR count). The van der Waals surface area contributed by atoms with Gasteiger partial charge in [-0.3, -0.25) is 20.2 Å². The van der Waals surface area contributed by atoms with Crippen LogP contribution in [0.1, 0.15) is 30.5 Å². The fraction of sp³-hybridized carbons (Fsp3) is 0.207. The summed E-state index contributed by atoms with van der Waals surface area (Å²) >= 11 is 4.84. The number of benzene rings is 3. The Hall–Kier alpha value is -4.37. The predicted molar refractivity (Wildman–Crippen MR) is 147 cm³/mol. The molecule has 0 aromatic heterocycles. The van der Waals surface area contributed by atoms with Crippen LogP contribution in [0.2, 0.25) is 0 Å². The topological polar surface area (TPSA) is 95.1 Å². The van der Waals surface area contributed by atoms with Crippen LogP contribution in [0.15, 0.2) is 72.3 Å². The second-order valence-electron chi connectivity index (χ2n) is 8.21. The van der Waals surface area contributed by atoms with Crippen molar-refractivity contribution < 1.29 is 28.5 Å². The van der Waals surface area contributed by atoms with E-state index in [2.05, 4.69) is 10.6 Å². The standard InChI is InChI=1S/C29H28N2O6S/c1-3-34-25-15-20(14-22-27(32)30-29(38)31-28(22)33)10-12-23(25)37-18-21-11-13-24(26(16-21)35-4-2)36-17-19-8-6-5-7-9-19/h5-16H,3-4,17-18H2,1-2H3,(H2,30,31,32,33,38). The van der Waals surface area contributed by atoms with Crippen LogP contribution in [0, 0.1) is 0 Å². The van der Waals surface area contributed by atoms with Gasteiger partial charge in [0.15, 0.2) is 28.1 Å². The van der Waals surface area contributed by atoms with E-state index in [4.69, 9.17) is 31.2 Å². The lowest BCUT2D eigenvalue weighted by molar-refractivity contribution is -0.123. The van der Waals surface area contributed by atoms with Crippen LogP contribution in [-0.2, 0) is 22.8 Å². The zero-order valence-electron chi connectivity index (χ0n) is 21.1. The lowest BCUT2D eigenvalue weighted by atomic mass is 10.1. The van der Waals surface area contributed by atoms with Gasteiger partial charge in [0.25, 0.3) is 11.8 Å². The van der Waals surface area contributed by atoms with E-state index >= 15 is 0 Å². The molecule has 8 nitrogen and oxygen atoms in total. The number of amides is 2. The number of hydrogen-bond donors (Lipinski definition) is 2. The summed E-state index contributed by atoms with van der Waals surface area (Å²) in [4.78, 5) is 24.3. The average Bonchev–Trinajstić information content (AvgIpc) is 2.90. The minimum atomic E-state index is -0.557. The Balaban J connectivity index is 1.48. The van der Waals surface area contributed by atoms with Gasteiger partial charge in [-0.2, -0.15) is 0 Å². The highest BCUT2D eigenvalue weighted by Crippen LogP contribution is 2.33. The summed E-state index contributed by atoms with van der Waals surface area (Å²) in [6, 6.07) is 20.8. The maximum Gasteiger partial charge on any atom is 0.263 e. The zero-order chi connectivity index (χ0) is 26.9. The van der Waals surface area contributed by atoms with Crippen LogP contribution >= 0.6 is 12.2 Å². The SMILES string of the molecule is CCOc1cc(C=C2C(=O)NC(=S)NC2=O)ccc1OCc1ccc(OCc2ccccc2)c(OCC)c1. The van der Waals surface area contributed by atoms with E-state index in [-0.39, 0.29) is 17.3 Å². The Morgan fingerprint density at radius 2 is 1.26 bits per heavy atom. The summed E-state index contributed by atoms with van der Waals surface area (Å²) in [6.07, 6.45) is 1.47. The molecule has 3 aromatic carbocycles. The third-order valence-electron chi connectivity index (χ3n) is 5.46. The van der Waals surface area contributed by atoms with Gasteiger partial charge < -0.3 is 18.9 Å². The Morgan fingerprint density at radius 3 is 1.89 bits per heavy atom. The number of nitrogens with one attached hydrogen (secondary N) is 2. The van der Waals surface area contributed by atoms with E-state index in [9.17, 15) is 9.59 Å². The molecule has 0 bridgehead atoms. The maximum absolute atomic E-state index is 12.2. The largest absolute Gasteiger partial charge is 0.490 e. The molecule has 0 unspecified atom stereocenters. The first-order valence-electron chi connectivity index (χ1n) is 12.2. The third-order valence-corrected chi connectivity index (χ3v) is 5.67. The summed E-state index contributed by atoms with van der Waals surface area (Å²) in [6.45, 7) is 5.40. The van der Waals surface area contributed by atoms with Crippen LogP contribution in [0.3, 0.4) is 0 Å². The summed E-state index contributed by atoms with van der Waals surface area (Å²) in [5.74, 6) is 1.19. The van der Waals surface area contributed by atoms with Crippen molar-refractivity contribution in [3.63, 3.8) is 0 Å². The van der Waals surface area contributed by atoms with Crippen molar-refractivity contribution >= 4 is 35.2 Å². The van der Waals surface area contributed by atoms with Gasteiger partial charge in [-0.15, -0.1) is 0 Å². The molecule has 196 valence electrons. The third kappa shape index (κ3) is 6.89. The summed E-state index contributed by atoms with van der Waals surface area (Å²) < 4.78 is 23.6. The van der Waals surface area contributed by atoms with Crippen LogP contribution in [0.4, 0.5) is 0 Å². The molecule has 9 heteroatoms. The number of carbonyl (C=O) groups excluding carboxylic acids is 2. The molecule has 0 radical (unpaired) electrons. The molecular formula is C29H28N2O6S. The molecular weight excluding hydrogens is 504 g/mol. The molecule has 0 aliphatic carbocycles. The fourth-order valence-corrected chi connectivity index (χ4v) is 3.89. The lowest BCUT2D eigenvalue weighted by Crippen LogP contribution is -2.51. The molecule has 2 amide bonds. The van der Waals surface area contributed by atoms with Gasteiger partial charge in [0.1, 0.15) is 18.8 Å². The zero-order valence-corrected chi connectivity index (χ0v) is 21.9. The summed E-state index contributed by atoms with van der Waals surface area (Å²) in [5, 5.41) is 4.83. The average molecular weight is 533 g/mol. The highest BCUT2D eigenvalue weighted by atomic mass is 32.1. The van der Waals surface area contributed by atoms with Crippen LogP contribution in [0.5, 0.6) is 23.0 Å². The molecule has 0 spiro atoms. The van der Waals surface area contributed by atoms with Crippen molar-refractivity contribution in [1.82, 2.24) is 10.6 Å². The molecule has 1 aliphatic rings. The molecule has 0 saturated carbocycles. The minimum Gasteiger partial charge on any atom is -0.490 e. The van der Waals surface area contributed by atoms with Gasteiger partial charge in [-0.1, -0.05) is 42.5 Å². The Morgan fingerprint density at radius 1 is 0.684 bits per heavy atom. The van der Waals surface area contributed by atoms with Gasteiger partial charge in [-0.25, -0.2) is 0 Å². The van der Waals surface area contributed by atoms with Gasteiger partial charge in [0.2, 0.25) is 0 Å². The number of thiocarbonyl (C=S) groups is 1. The van der Waals surface area contributed by atoms with Crippen molar-refractivity contribution in [2.75, 3.05) is 13.2 Å². The van der Waals surface area contributed by atoms with Gasteiger partial charge >= 0.3 is 0 Å². The molecule has 1 saturated heterocycles. The van der Waals surface area contributed by atoms with Crippen LogP contribution in [-0.4, -0.2) is 30.1 Å². The summed E-state index contributed by atoms with van der Waals surface area (Å²) in [7, 11) is 0. The van der Waals surface area contributed by atoms with E-state index in [1.165, 1.54) is 6.08 Å². The monoisotopic (exact) mass is 532 g/mol. The van der Waals surface area contributed by atoms with E-state index in [1.54, 1.807) is 18.2 Å². The minimum absolute atomic E-state index is 0.0146. The number of ether oxygens (including phenoxy) is 4. The second-order valence-corrected chi connectivity index (χ2v) is 8.62. The molecule has 3 aromatic rings. The molecule has 1 aliphatic heterocycles. The van der Waals surface area contributed by atoms with Gasteiger partial charge in [0.05, 0.1) is 13.2 Å². The smallest absolute Gasteiger partial charge is 0.263 e. The first-order chi connectivity index (χ1) is 18.5. The van der Waals surface area contributed by atoms with Crippen LogP contribution < -0.4 is 29.6 Å². The second kappa shape index (κ2) is 12.7. The highest BCUT2D eigenvalue weighted by molar-refractivity contribution is 7.80. The van der Waals surface area contributed by atoms with Crippen molar-refractivity contribution in [1.29, 1.82) is 0 Å². The van der Waals surface area contributed by atoms with Crippen molar-refractivity contribution in [2.45, 2.75) is 27.1 Å². The normalized spacial score (nSPS) is 12.9. The van der Waals surface area contributed by atoms with E-state index in [0.29, 0.717) is 48.4 Å². The maximum atomic E-state index is 12.2. The van der Waals surface area contributed by atoms with Gasteiger partial charge in [-0.05, 0) is 73.1 Å². The van der Waals surface area contributed by atoms with Gasteiger partial charge in [0, 0.05) is 0 Å². The first-order valence-corrected chi connectivity index (χ1v) is 12.6. The Kier molecular flexibility index (Phi) is 8.94. The predicted octanol–water partition coefficient (Wildman–Crippen LogP) is 4.56. The van der Waals surface area contributed by atoms with Crippen LogP contribution in [0.25, 0.3) is 6.08 Å². The highest BCUT2D eigenvalue weighted by Gasteiger charge is 2.25. The van der Waals surface area contributed by atoms with E-state index in [0.717, 1.165) is 11.1 Å². The van der Waals surface area contributed by atoms with Crippen molar-refractivity contribution in [3.05, 3.63) is 89.0 Å².